The summed E-state index contributed by atoms with van der Waals surface area (Å²) in [7, 11) is 0. The lowest BCUT2D eigenvalue weighted by atomic mass is 9.74. The topological polar surface area (TPSA) is 22.1 Å². The number of hydrogen-bond donors (Lipinski definition) is 0. The van der Waals surface area contributed by atoms with Crippen LogP contribution in [0.1, 0.15) is 83.5 Å². The Morgan fingerprint density at radius 3 is 2.32 bits per heavy atom. The highest BCUT2D eigenvalue weighted by Gasteiger charge is 2.33. The molecule has 2 nitrogen and oxygen atoms in total. The molecular formula is C20H33NO. The molecule has 0 saturated carbocycles. The van der Waals surface area contributed by atoms with Gasteiger partial charge >= 0.3 is 0 Å². The Kier molecular flexibility index (Phi) is 5.19. The zero-order valence-corrected chi connectivity index (χ0v) is 15.6. The summed E-state index contributed by atoms with van der Waals surface area (Å²) in [5.41, 5.74) is 3.87. The molecule has 1 aliphatic heterocycles. The SMILES string of the molecule is Cc1cc(C(C)C)c2c(n1)O[C@H](C)[C@H](C)[C@H](C)CC2C(C)C. The minimum absolute atomic E-state index is 0.219. The van der Waals surface area contributed by atoms with Crippen LogP contribution in [0.5, 0.6) is 5.88 Å². The van der Waals surface area contributed by atoms with Crippen molar-refractivity contribution in [1.29, 1.82) is 0 Å². The molecule has 22 heavy (non-hydrogen) atoms. The summed E-state index contributed by atoms with van der Waals surface area (Å²) < 4.78 is 6.36. The van der Waals surface area contributed by atoms with Gasteiger partial charge in [-0.05, 0) is 61.5 Å². The molecule has 0 saturated heterocycles. The largest absolute Gasteiger partial charge is 0.474 e. The first-order valence-corrected chi connectivity index (χ1v) is 8.90. The first-order chi connectivity index (χ1) is 10.2. The highest BCUT2D eigenvalue weighted by atomic mass is 16.5. The van der Waals surface area contributed by atoms with Crippen LogP contribution in [0.3, 0.4) is 0 Å². The minimum atomic E-state index is 0.219. The summed E-state index contributed by atoms with van der Waals surface area (Å²) in [6.07, 6.45) is 1.44. The molecule has 1 aromatic heterocycles. The summed E-state index contributed by atoms with van der Waals surface area (Å²) in [6, 6.07) is 2.27. The van der Waals surface area contributed by atoms with Crippen molar-refractivity contribution in [3.8, 4) is 5.88 Å². The van der Waals surface area contributed by atoms with Gasteiger partial charge in [-0.25, -0.2) is 4.98 Å². The summed E-state index contributed by atoms with van der Waals surface area (Å²) in [5.74, 6) is 3.75. The fourth-order valence-electron chi connectivity index (χ4n) is 3.70. The van der Waals surface area contributed by atoms with E-state index in [-0.39, 0.29) is 6.10 Å². The van der Waals surface area contributed by atoms with Crippen molar-refractivity contribution in [1.82, 2.24) is 4.98 Å². The second-order valence-corrected chi connectivity index (χ2v) is 7.97. The predicted molar refractivity (Wildman–Crippen MR) is 93.7 cm³/mol. The average molecular weight is 303 g/mol. The molecule has 0 amide bonds. The molecule has 0 aliphatic carbocycles. The molecule has 2 rings (SSSR count). The summed E-state index contributed by atoms with van der Waals surface area (Å²) in [5, 5.41) is 0. The van der Waals surface area contributed by atoms with Crippen LogP contribution < -0.4 is 4.74 Å². The van der Waals surface area contributed by atoms with Gasteiger partial charge in [0.25, 0.3) is 0 Å². The van der Waals surface area contributed by atoms with E-state index in [1.54, 1.807) is 0 Å². The number of aromatic nitrogens is 1. The van der Waals surface area contributed by atoms with Crippen LogP contribution in [0.4, 0.5) is 0 Å². The molecule has 0 radical (unpaired) electrons. The minimum Gasteiger partial charge on any atom is -0.474 e. The zero-order valence-electron chi connectivity index (χ0n) is 15.6. The maximum Gasteiger partial charge on any atom is 0.217 e. The normalized spacial score (nSPS) is 29.0. The van der Waals surface area contributed by atoms with E-state index in [1.165, 1.54) is 17.5 Å². The first-order valence-electron chi connectivity index (χ1n) is 8.90. The number of pyridine rings is 1. The molecule has 1 unspecified atom stereocenters. The number of aryl methyl sites for hydroxylation is 1. The van der Waals surface area contributed by atoms with E-state index in [9.17, 15) is 0 Å². The van der Waals surface area contributed by atoms with Crippen LogP contribution in [0, 0.1) is 24.7 Å². The monoisotopic (exact) mass is 303 g/mol. The molecule has 1 aromatic rings. The Morgan fingerprint density at radius 1 is 1.14 bits per heavy atom. The van der Waals surface area contributed by atoms with Gasteiger partial charge in [0.15, 0.2) is 0 Å². The van der Waals surface area contributed by atoms with Gasteiger partial charge in [0.1, 0.15) is 6.10 Å². The molecular weight excluding hydrogens is 270 g/mol. The van der Waals surface area contributed by atoms with Crippen molar-refractivity contribution in [3.05, 3.63) is 22.9 Å². The van der Waals surface area contributed by atoms with Gasteiger partial charge in [0.05, 0.1) is 0 Å². The molecule has 0 N–H and O–H groups in total. The summed E-state index contributed by atoms with van der Waals surface area (Å²) in [4.78, 5) is 4.78. The average Bonchev–Trinajstić information content (AvgIpc) is 2.42. The second kappa shape index (κ2) is 6.60. The van der Waals surface area contributed by atoms with E-state index in [0.717, 1.165) is 11.6 Å². The molecule has 0 aromatic carbocycles. The van der Waals surface area contributed by atoms with Gasteiger partial charge < -0.3 is 4.74 Å². The van der Waals surface area contributed by atoms with Crippen LogP contribution in [-0.2, 0) is 0 Å². The fourth-order valence-corrected chi connectivity index (χ4v) is 3.70. The van der Waals surface area contributed by atoms with Gasteiger partial charge in [0, 0.05) is 11.3 Å². The van der Waals surface area contributed by atoms with Crippen LogP contribution in [0.25, 0.3) is 0 Å². The molecule has 124 valence electrons. The van der Waals surface area contributed by atoms with Crippen molar-refractivity contribution in [2.45, 2.75) is 79.8 Å². The quantitative estimate of drug-likeness (QED) is 0.699. The van der Waals surface area contributed by atoms with Crippen molar-refractivity contribution in [2.75, 3.05) is 0 Å². The van der Waals surface area contributed by atoms with Gasteiger partial charge in [-0.1, -0.05) is 41.5 Å². The number of nitrogens with zero attached hydrogens (tertiary/aromatic N) is 1. The first kappa shape index (κ1) is 17.3. The van der Waals surface area contributed by atoms with E-state index < -0.39 is 0 Å². The number of hydrogen-bond acceptors (Lipinski definition) is 2. The van der Waals surface area contributed by atoms with Crippen molar-refractivity contribution in [2.24, 2.45) is 17.8 Å². The van der Waals surface area contributed by atoms with Crippen molar-refractivity contribution < 1.29 is 4.74 Å². The Hall–Kier alpha value is -1.05. The Labute approximate surface area is 136 Å². The summed E-state index contributed by atoms with van der Waals surface area (Å²) in [6.45, 7) is 18.2. The molecule has 1 aliphatic rings. The van der Waals surface area contributed by atoms with Crippen molar-refractivity contribution >= 4 is 0 Å². The van der Waals surface area contributed by atoms with Crippen LogP contribution in [0.2, 0.25) is 0 Å². The van der Waals surface area contributed by atoms with Gasteiger partial charge in [-0.3, -0.25) is 0 Å². The van der Waals surface area contributed by atoms with Crippen LogP contribution >= 0.6 is 0 Å². The van der Waals surface area contributed by atoms with E-state index in [4.69, 9.17) is 9.72 Å². The predicted octanol–water partition coefficient (Wildman–Crippen LogP) is 5.70. The zero-order chi connectivity index (χ0) is 16.6. The van der Waals surface area contributed by atoms with Gasteiger partial charge in [0.2, 0.25) is 5.88 Å². The molecule has 2 heterocycles. The third-order valence-electron chi connectivity index (χ3n) is 5.54. The van der Waals surface area contributed by atoms with E-state index in [0.29, 0.717) is 29.6 Å². The second-order valence-electron chi connectivity index (χ2n) is 7.97. The standard InChI is InChI=1S/C20H33NO/c1-11(2)17-9-13(5)15(7)16(8)22-20-19(17)18(12(3)4)10-14(6)21-20/h10-13,15-17H,9H2,1-8H3/t13-,15-,16-,17?/m1/s1. The number of ether oxygens (including phenoxy) is 1. The Morgan fingerprint density at radius 2 is 1.77 bits per heavy atom. The molecule has 0 bridgehead atoms. The molecule has 0 fully saturated rings. The molecule has 2 heteroatoms. The highest BCUT2D eigenvalue weighted by Crippen LogP contribution is 2.44. The number of rotatable bonds is 2. The van der Waals surface area contributed by atoms with Gasteiger partial charge in [-0.2, -0.15) is 0 Å². The number of fused-ring (bicyclic) bond motifs is 1. The van der Waals surface area contributed by atoms with Gasteiger partial charge in [-0.15, -0.1) is 0 Å². The molecule has 0 spiro atoms. The maximum atomic E-state index is 6.36. The lowest BCUT2D eigenvalue weighted by Gasteiger charge is -2.37. The summed E-state index contributed by atoms with van der Waals surface area (Å²) >= 11 is 0. The van der Waals surface area contributed by atoms with E-state index in [1.807, 2.05) is 0 Å². The third-order valence-corrected chi connectivity index (χ3v) is 5.54. The van der Waals surface area contributed by atoms with E-state index in [2.05, 4.69) is 61.5 Å². The fraction of sp³-hybridized carbons (Fsp3) is 0.750. The van der Waals surface area contributed by atoms with Crippen LogP contribution in [0.15, 0.2) is 6.07 Å². The maximum absolute atomic E-state index is 6.36. The molecule has 4 atom stereocenters. The van der Waals surface area contributed by atoms with Crippen molar-refractivity contribution in [3.63, 3.8) is 0 Å². The lowest BCUT2D eigenvalue weighted by Crippen LogP contribution is -2.32. The Balaban J connectivity index is 2.64. The van der Waals surface area contributed by atoms with E-state index >= 15 is 0 Å². The highest BCUT2D eigenvalue weighted by molar-refractivity contribution is 5.42. The third kappa shape index (κ3) is 3.31. The van der Waals surface area contributed by atoms with Crippen LogP contribution in [-0.4, -0.2) is 11.1 Å². The lowest BCUT2D eigenvalue weighted by molar-refractivity contribution is 0.0990. The Bertz CT molecular complexity index is 521. The smallest absolute Gasteiger partial charge is 0.217 e.